The monoisotopic (exact) mass is 304 g/mol. The molecule has 2 atom stereocenters. The Bertz CT molecular complexity index is 695. The van der Waals surface area contributed by atoms with Crippen LogP contribution >= 0.6 is 0 Å². The molecule has 0 bridgehead atoms. The largest absolute Gasteiger partial charge is 0.480 e. The van der Waals surface area contributed by atoms with E-state index in [0.29, 0.717) is 16.7 Å². The standard InChI is InChI=1S/C15H20N4O3/c1-3-4-8(2)11(15(21)22)19-12-9-5-6-17-14(9)18-7-10(12)13(16)20/h5-8,11H,3-4H2,1-2H3,(H2,16,20)(H,21,22)(H2,17,18,19)/t8?,11-/m0/s1. The van der Waals surface area contributed by atoms with Crippen LogP contribution in [0, 0.1) is 5.92 Å². The van der Waals surface area contributed by atoms with Gasteiger partial charge in [-0.3, -0.25) is 4.79 Å². The van der Waals surface area contributed by atoms with Crippen LogP contribution in [0.2, 0.25) is 0 Å². The SMILES string of the molecule is CCCC(C)[C@H](Nc1c(C(N)=O)cnc2[nH]ccc12)C(=O)O. The number of rotatable bonds is 7. The number of aromatic nitrogens is 2. The molecule has 2 aromatic rings. The molecule has 0 fully saturated rings. The van der Waals surface area contributed by atoms with E-state index in [1.807, 2.05) is 13.8 Å². The Kier molecular flexibility index (Phi) is 4.65. The van der Waals surface area contributed by atoms with Crippen LogP contribution in [-0.4, -0.2) is 33.0 Å². The van der Waals surface area contributed by atoms with Gasteiger partial charge in [-0.2, -0.15) is 0 Å². The van der Waals surface area contributed by atoms with Gasteiger partial charge in [0.15, 0.2) is 0 Å². The van der Waals surface area contributed by atoms with Gasteiger partial charge in [-0.25, -0.2) is 9.78 Å². The first kappa shape index (κ1) is 15.8. The van der Waals surface area contributed by atoms with Crippen LogP contribution in [0.15, 0.2) is 18.5 Å². The molecule has 0 radical (unpaired) electrons. The Balaban J connectivity index is 2.47. The van der Waals surface area contributed by atoms with Gasteiger partial charge in [0.25, 0.3) is 5.91 Å². The smallest absolute Gasteiger partial charge is 0.326 e. The molecule has 118 valence electrons. The first-order valence-electron chi connectivity index (χ1n) is 7.21. The number of pyridine rings is 1. The summed E-state index contributed by atoms with van der Waals surface area (Å²) >= 11 is 0. The Morgan fingerprint density at radius 1 is 1.50 bits per heavy atom. The number of aliphatic carboxylic acids is 1. The molecule has 22 heavy (non-hydrogen) atoms. The van der Waals surface area contributed by atoms with E-state index in [4.69, 9.17) is 5.73 Å². The van der Waals surface area contributed by atoms with Crippen LogP contribution < -0.4 is 11.1 Å². The van der Waals surface area contributed by atoms with Crippen molar-refractivity contribution in [2.24, 2.45) is 11.7 Å². The zero-order chi connectivity index (χ0) is 16.3. The lowest BCUT2D eigenvalue weighted by Gasteiger charge is -2.23. The molecular formula is C15H20N4O3. The summed E-state index contributed by atoms with van der Waals surface area (Å²) in [7, 11) is 0. The third kappa shape index (κ3) is 3.03. The molecular weight excluding hydrogens is 284 g/mol. The number of carbonyl (C=O) groups is 2. The molecule has 2 aromatic heterocycles. The highest BCUT2D eigenvalue weighted by atomic mass is 16.4. The van der Waals surface area contributed by atoms with Crippen molar-refractivity contribution in [2.75, 3.05) is 5.32 Å². The fourth-order valence-corrected chi connectivity index (χ4v) is 2.58. The first-order chi connectivity index (χ1) is 10.5. The number of nitrogens with one attached hydrogen (secondary N) is 2. The summed E-state index contributed by atoms with van der Waals surface area (Å²) in [6.07, 6.45) is 4.67. The van der Waals surface area contributed by atoms with Crippen LogP contribution in [0.3, 0.4) is 0 Å². The maximum Gasteiger partial charge on any atom is 0.326 e. The number of aromatic amines is 1. The van der Waals surface area contributed by atoms with Gasteiger partial charge in [0.2, 0.25) is 0 Å². The number of H-pyrrole nitrogens is 1. The summed E-state index contributed by atoms with van der Waals surface area (Å²) in [4.78, 5) is 30.2. The maximum absolute atomic E-state index is 11.6. The third-order valence-corrected chi connectivity index (χ3v) is 3.73. The Morgan fingerprint density at radius 2 is 2.23 bits per heavy atom. The molecule has 0 aromatic carbocycles. The van der Waals surface area contributed by atoms with Crippen molar-refractivity contribution in [3.05, 3.63) is 24.0 Å². The number of hydrogen-bond acceptors (Lipinski definition) is 4. The van der Waals surface area contributed by atoms with Crippen LogP contribution in [0.1, 0.15) is 37.0 Å². The van der Waals surface area contributed by atoms with E-state index in [0.717, 1.165) is 12.8 Å². The Labute approximate surface area is 127 Å². The van der Waals surface area contributed by atoms with Gasteiger partial charge >= 0.3 is 5.97 Å². The van der Waals surface area contributed by atoms with Gasteiger partial charge in [0.1, 0.15) is 11.7 Å². The number of fused-ring (bicyclic) bond motifs is 1. The number of carboxylic acid groups (broad SMARTS) is 1. The highest BCUT2D eigenvalue weighted by molar-refractivity contribution is 6.06. The molecule has 0 saturated carbocycles. The molecule has 0 aliphatic rings. The minimum absolute atomic E-state index is 0.0922. The quantitative estimate of drug-likeness (QED) is 0.623. The summed E-state index contributed by atoms with van der Waals surface area (Å²) in [6.45, 7) is 3.87. The van der Waals surface area contributed by atoms with Gasteiger partial charge in [0.05, 0.1) is 11.3 Å². The number of primary amides is 1. The normalized spacial score (nSPS) is 13.7. The third-order valence-electron chi connectivity index (χ3n) is 3.73. The van der Waals surface area contributed by atoms with E-state index in [1.54, 1.807) is 12.3 Å². The van der Waals surface area contributed by atoms with E-state index in [2.05, 4.69) is 15.3 Å². The summed E-state index contributed by atoms with van der Waals surface area (Å²) in [5, 5.41) is 13.1. The minimum Gasteiger partial charge on any atom is -0.480 e. The molecule has 0 aliphatic carbocycles. The van der Waals surface area contributed by atoms with Gasteiger partial charge < -0.3 is 21.1 Å². The van der Waals surface area contributed by atoms with Crippen molar-refractivity contribution in [1.29, 1.82) is 0 Å². The molecule has 1 unspecified atom stereocenters. The maximum atomic E-state index is 11.6. The summed E-state index contributed by atoms with van der Waals surface area (Å²) in [6, 6.07) is 0.930. The number of nitrogens with zero attached hydrogens (tertiary/aromatic N) is 1. The lowest BCUT2D eigenvalue weighted by Crippen LogP contribution is -2.36. The zero-order valence-corrected chi connectivity index (χ0v) is 12.6. The molecule has 7 heteroatoms. The molecule has 0 aliphatic heterocycles. The molecule has 7 nitrogen and oxygen atoms in total. The van der Waals surface area contributed by atoms with Gasteiger partial charge in [-0.15, -0.1) is 0 Å². The van der Waals surface area contributed by atoms with E-state index in [1.165, 1.54) is 6.20 Å². The predicted molar refractivity (Wildman–Crippen MR) is 83.7 cm³/mol. The van der Waals surface area contributed by atoms with E-state index >= 15 is 0 Å². The van der Waals surface area contributed by atoms with Crippen molar-refractivity contribution in [2.45, 2.75) is 32.7 Å². The van der Waals surface area contributed by atoms with Crippen LogP contribution in [0.5, 0.6) is 0 Å². The molecule has 0 spiro atoms. The first-order valence-corrected chi connectivity index (χ1v) is 7.21. The molecule has 0 saturated heterocycles. The fourth-order valence-electron chi connectivity index (χ4n) is 2.58. The van der Waals surface area contributed by atoms with Gasteiger partial charge in [-0.05, 0) is 18.4 Å². The second-order valence-corrected chi connectivity index (χ2v) is 5.38. The van der Waals surface area contributed by atoms with Gasteiger partial charge in [-0.1, -0.05) is 20.3 Å². The summed E-state index contributed by atoms with van der Waals surface area (Å²) < 4.78 is 0. The van der Waals surface area contributed by atoms with Crippen LogP contribution in [0.4, 0.5) is 5.69 Å². The average Bonchev–Trinajstić information content (AvgIpc) is 2.92. The second-order valence-electron chi connectivity index (χ2n) is 5.38. The van der Waals surface area contributed by atoms with Crippen molar-refractivity contribution in [1.82, 2.24) is 9.97 Å². The second kappa shape index (κ2) is 6.46. The number of hydrogen-bond donors (Lipinski definition) is 4. The zero-order valence-electron chi connectivity index (χ0n) is 12.6. The van der Waals surface area contributed by atoms with Crippen molar-refractivity contribution in [3.8, 4) is 0 Å². The molecule has 2 rings (SSSR count). The Morgan fingerprint density at radius 3 is 2.82 bits per heavy atom. The molecule has 5 N–H and O–H groups in total. The highest BCUT2D eigenvalue weighted by Crippen LogP contribution is 2.27. The van der Waals surface area contributed by atoms with Crippen LogP contribution in [-0.2, 0) is 4.79 Å². The van der Waals surface area contributed by atoms with Crippen molar-refractivity contribution >= 4 is 28.6 Å². The van der Waals surface area contributed by atoms with E-state index in [9.17, 15) is 14.7 Å². The van der Waals surface area contributed by atoms with E-state index < -0.39 is 17.9 Å². The number of carbonyl (C=O) groups excluding carboxylic acids is 1. The average molecular weight is 304 g/mol. The Hall–Kier alpha value is -2.57. The summed E-state index contributed by atoms with van der Waals surface area (Å²) in [5.74, 6) is -1.70. The minimum atomic E-state index is -0.961. The molecule has 2 heterocycles. The highest BCUT2D eigenvalue weighted by Gasteiger charge is 2.26. The van der Waals surface area contributed by atoms with Crippen LogP contribution in [0.25, 0.3) is 11.0 Å². The van der Waals surface area contributed by atoms with Crippen molar-refractivity contribution < 1.29 is 14.7 Å². The fraction of sp³-hybridized carbons (Fsp3) is 0.400. The van der Waals surface area contributed by atoms with Crippen molar-refractivity contribution in [3.63, 3.8) is 0 Å². The van der Waals surface area contributed by atoms with Gasteiger partial charge in [0, 0.05) is 17.8 Å². The topological polar surface area (TPSA) is 121 Å². The molecule has 1 amide bonds. The summed E-state index contributed by atoms with van der Waals surface area (Å²) in [5.41, 5.74) is 6.55. The number of amides is 1. The number of anilines is 1. The predicted octanol–water partition coefficient (Wildman–Crippen LogP) is 1.96. The van der Waals surface area contributed by atoms with E-state index in [-0.39, 0.29) is 11.5 Å². The lowest BCUT2D eigenvalue weighted by atomic mass is 9.96. The lowest BCUT2D eigenvalue weighted by molar-refractivity contribution is -0.139. The number of carboxylic acids is 1. The number of nitrogens with two attached hydrogens (primary N) is 1.